The molecule has 0 bridgehead atoms. The standard InChI is InChI=1S/C22H27Cl2N3O2S/c1-27(2)14-16-6-4-5-15(11-16)13-25-22(29)20(9-10-30-3)26-21(28)18-8-7-17(23)12-19(18)24/h4-8,11-12,20H,9-10,13-14H2,1-3H3,(H,25,29)(H,26,28). The molecular weight excluding hydrogens is 441 g/mol. The number of rotatable bonds is 10. The number of benzene rings is 2. The number of halogens is 2. The van der Waals surface area contributed by atoms with Gasteiger partial charge in [0.05, 0.1) is 10.6 Å². The van der Waals surface area contributed by atoms with E-state index >= 15 is 0 Å². The lowest BCUT2D eigenvalue weighted by molar-refractivity contribution is -0.123. The SMILES string of the molecule is CSCCC(NC(=O)c1ccc(Cl)cc1Cl)C(=O)NCc1cccc(CN(C)C)c1. The second-order valence-corrected chi connectivity index (χ2v) is 9.04. The molecule has 2 amide bonds. The molecule has 2 aromatic carbocycles. The van der Waals surface area contributed by atoms with Crippen LogP contribution in [0.1, 0.15) is 27.9 Å². The maximum atomic E-state index is 12.8. The number of hydrogen-bond donors (Lipinski definition) is 2. The van der Waals surface area contributed by atoms with Gasteiger partial charge in [0.25, 0.3) is 5.91 Å². The minimum Gasteiger partial charge on any atom is -0.350 e. The Bertz CT molecular complexity index is 877. The zero-order chi connectivity index (χ0) is 22.1. The molecule has 0 spiro atoms. The molecule has 0 aromatic heterocycles. The molecule has 0 saturated heterocycles. The maximum Gasteiger partial charge on any atom is 0.253 e. The molecule has 162 valence electrons. The lowest BCUT2D eigenvalue weighted by Crippen LogP contribution is -2.47. The summed E-state index contributed by atoms with van der Waals surface area (Å²) >= 11 is 13.6. The summed E-state index contributed by atoms with van der Waals surface area (Å²) in [6.07, 6.45) is 2.48. The first-order valence-electron chi connectivity index (χ1n) is 9.55. The number of nitrogens with one attached hydrogen (secondary N) is 2. The normalized spacial score (nSPS) is 11.9. The van der Waals surface area contributed by atoms with E-state index in [-0.39, 0.29) is 10.9 Å². The van der Waals surface area contributed by atoms with Crippen LogP contribution in [-0.2, 0) is 17.9 Å². The number of nitrogens with zero attached hydrogens (tertiary/aromatic N) is 1. The van der Waals surface area contributed by atoms with Gasteiger partial charge in [0, 0.05) is 18.1 Å². The minimum atomic E-state index is -0.651. The minimum absolute atomic E-state index is 0.222. The van der Waals surface area contributed by atoms with E-state index in [0.29, 0.717) is 23.6 Å². The molecule has 1 unspecified atom stereocenters. The first-order chi connectivity index (χ1) is 14.3. The molecule has 0 aliphatic carbocycles. The van der Waals surface area contributed by atoms with Crippen molar-refractivity contribution < 1.29 is 9.59 Å². The Labute approximate surface area is 192 Å². The summed E-state index contributed by atoms with van der Waals surface area (Å²) in [6, 6.07) is 12.1. The van der Waals surface area contributed by atoms with Crippen LogP contribution in [0.4, 0.5) is 0 Å². The molecular formula is C22H27Cl2N3O2S. The van der Waals surface area contributed by atoms with Crippen molar-refractivity contribution in [3.05, 3.63) is 69.2 Å². The average molecular weight is 468 g/mol. The molecule has 0 heterocycles. The van der Waals surface area contributed by atoms with Crippen LogP contribution in [0.5, 0.6) is 0 Å². The third-order valence-electron chi connectivity index (χ3n) is 4.37. The maximum absolute atomic E-state index is 12.8. The van der Waals surface area contributed by atoms with Gasteiger partial charge >= 0.3 is 0 Å². The molecule has 0 aliphatic rings. The molecule has 30 heavy (non-hydrogen) atoms. The van der Waals surface area contributed by atoms with Crippen molar-refractivity contribution >= 4 is 46.8 Å². The highest BCUT2D eigenvalue weighted by atomic mass is 35.5. The molecule has 8 heteroatoms. The summed E-state index contributed by atoms with van der Waals surface area (Å²) in [5, 5.41) is 6.44. The molecule has 0 saturated carbocycles. The third kappa shape index (κ3) is 7.84. The Morgan fingerprint density at radius 2 is 1.83 bits per heavy atom. The molecule has 2 aromatic rings. The highest BCUT2D eigenvalue weighted by molar-refractivity contribution is 7.98. The first-order valence-corrected chi connectivity index (χ1v) is 11.7. The summed E-state index contributed by atoms with van der Waals surface area (Å²) < 4.78 is 0. The second-order valence-electron chi connectivity index (χ2n) is 7.21. The van der Waals surface area contributed by atoms with E-state index in [0.717, 1.165) is 17.9 Å². The van der Waals surface area contributed by atoms with Crippen molar-refractivity contribution in [1.82, 2.24) is 15.5 Å². The van der Waals surface area contributed by atoms with Crippen LogP contribution in [-0.4, -0.2) is 48.9 Å². The van der Waals surface area contributed by atoms with Crippen LogP contribution in [0.15, 0.2) is 42.5 Å². The molecule has 0 radical (unpaired) electrons. The quantitative estimate of drug-likeness (QED) is 0.548. The average Bonchev–Trinajstić information content (AvgIpc) is 2.69. The van der Waals surface area contributed by atoms with Gasteiger partial charge in [-0.3, -0.25) is 9.59 Å². The highest BCUT2D eigenvalue weighted by Crippen LogP contribution is 2.21. The first kappa shape index (κ1) is 24.5. The number of carbonyl (C=O) groups is 2. The highest BCUT2D eigenvalue weighted by Gasteiger charge is 2.22. The van der Waals surface area contributed by atoms with Gasteiger partial charge in [-0.05, 0) is 61.9 Å². The van der Waals surface area contributed by atoms with Crippen molar-refractivity contribution in [3.8, 4) is 0 Å². The van der Waals surface area contributed by atoms with Crippen molar-refractivity contribution in [1.29, 1.82) is 0 Å². The lowest BCUT2D eigenvalue weighted by atomic mass is 10.1. The smallest absolute Gasteiger partial charge is 0.253 e. The van der Waals surface area contributed by atoms with E-state index in [1.807, 2.05) is 32.5 Å². The van der Waals surface area contributed by atoms with Crippen molar-refractivity contribution in [2.75, 3.05) is 26.1 Å². The summed E-state index contributed by atoms with van der Waals surface area (Å²) in [7, 11) is 4.03. The molecule has 2 N–H and O–H groups in total. The number of amides is 2. The van der Waals surface area contributed by atoms with Gasteiger partial charge in [0.2, 0.25) is 5.91 Å². The van der Waals surface area contributed by atoms with Crippen LogP contribution in [0.3, 0.4) is 0 Å². The summed E-state index contributed by atoms with van der Waals surface area (Å²) in [5.74, 6) is 0.122. The van der Waals surface area contributed by atoms with E-state index < -0.39 is 11.9 Å². The fraction of sp³-hybridized carbons (Fsp3) is 0.364. The number of thioether (sulfide) groups is 1. The predicted molar refractivity (Wildman–Crippen MR) is 126 cm³/mol. The Morgan fingerprint density at radius 3 is 2.50 bits per heavy atom. The number of carbonyl (C=O) groups excluding carboxylic acids is 2. The molecule has 1 atom stereocenters. The molecule has 5 nitrogen and oxygen atoms in total. The van der Waals surface area contributed by atoms with Crippen molar-refractivity contribution in [2.45, 2.75) is 25.6 Å². The van der Waals surface area contributed by atoms with Crippen molar-refractivity contribution in [2.24, 2.45) is 0 Å². The Balaban J connectivity index is 2.03. The van der Waals surface area contributed by atoms with Crippen LogP contribution in [0.25, 0.3) is 0 Å². The number of hydrogen-bond acceptors (Lipinski definition) is 4. The van der Waals surface area contributed by atoms with E-state index in [9.17, 15) is 9.59 Å². The molecule has 0 aliphatic heterocycles. The van der Waals surface area contributed by atoms with Crippen molar-refractivity contribution in [3.63, 3.8) is 0 Å². The van der Waals surface area contributed by atoms with Crippen LogP contribution < -0.4 is 10.6 Å². The molecule has 2 rings (SSSR count). The van der Waals surface area contributed by atoms with Gasteiger partial charge in [-0.15, -0.1) is 0 Å². The fourth-order valence-corrected chi connectivity index (χ4v) is 3.90. The summed E-state index contributed by atoms with van der Waals surface area (Å²) in [4.78, 5) is 27.5. The monoisotopic (exact) mass is 467 g/mol. The Hall–Kier alpha value is -1.73. The molecule has 0 fully saturated rings. The predicted octanol–water partition coefficient (Wildman–Crippen LogP) is 4.22. The topological polar surface area (TPSA) is 61.4 Å². The zero-order valence-corrected chi connectivity index (χ0v) is 19.7. The van der Waals surface area contributed by atoms with E-state index in [1.165, 1.54) is 11.6 Å². The van der Waals surface area contributed by atoms with E-state index in [4.69, 9.17) is 23.2 Å². The fourth-order valence-electron chi connectivity index (χ4n) is 2.93. The largest absolute Gasteiger partial charge is 0.350 e. The van der Waals surface area contributed by atoms with Gasteiger partial charge in [0.1, 0.15) is 6.04 Å². The van der Waals surface area contributed by atoms with Crippen LogP contribution in [0, 0.1) is 0 Å². The van der Waals surface area contributed by atoms with E-state index in [2.05, 4.69) is 27.7 Å². The zero-order valence-electron chi connectivity index (χ0n) is 17.4. The van der Waals surface area contributed by atoms with Gasteiger partial charge < -0.3 is 15.5 Å². The lowest BCUT2D eigenvalue weighted by Gasteiger charge is -2.19. The summed E-state index contributed by atoms with van der Waals surface area (Å²) in [5.41, 5.74) is 2.48. The third-order valence-corrected chi connectivity index (χ3v) is 5.56. The Kier molecular flexibility index (Phi) is 9.98. The second kappa shape index (κ2) is 12.2. The van der Waals surface area contributed by atoms with Gasteiger partial charge in [0.15, 0.2) is 0 Å². The Morgan fingerprint density at radius 1 is 1.10 bits per heavy atom. The summed E-state index contributed by atoms with van der Waals surface area (Å²) in [6.45, 7) is 1.23. The van der Waals surface area contributed by atoms with Crippen LogP contribution >= 0.6 is 35.0 Å². The van der Waals surface area contributed by atoms with Gasteiger partial charge in [-0.25, -0.2) is 0 Å². The van der Waals surface area contributed by atoms with E-state index in [1.54, 1.807) is 23.9 Å². The van der Waals surface area contributed by atoms with Gasteiger partial charge in [-0.2, -0.15) is 11.8 Å². The van der Waals surface area contributed by atoms with Crippen LogP contribution in [0.2, 0.25) is 10.0 Å². The van der Waals surface area contributed by atoms with Gasteiger partial charge in [-0.1, -0.05) is 47.5 Å².